The zero-order chi connectivity index (χ0) is 15.2. The minimum Gasteiger partial charge on any atom is -0.310 e. The van der Waals surface area contributed by atoms with Gasteiger partial charge < -0.3 is 5.32 Å². The molecule has 0 aliphatic heterocycles. The van der Waals surface area contributed by atoms with E-state index in [2.05, 4.69) is 31.3 Å². The van der Waals surface area contributed by atoms with Gasteiger partial charge >= 0.3 is 0 Å². The van der Waals surface area contributed by atoms with E-state index in [0.29, 0.717) is 0 Å². The van der Waals surface area contributed by atoms with Crippen molar-refractivity contribution < 1.29 is 4.39 Å². The molecule has 0 amide bonds. The summed E-state index contributed by atoms with van der Waals surface area (Å²) in [6.07, 6.45) is 2.97. The highest BCUT2D eigenvalue weighted by Crippen LogP contribution is 2.26. The van der Waals surface area contributed by atoms with Crippen molar-refractivity contribution >= 4 is 11.3 Å². The Labute approximate surface area is 131 Å². The number of hydrogen-bond acceptors (Lipinski definition) is 2. The summed E-state index contributed by atoms with van der Waals surface area (Å²) in [5.74, 6) is -0.101. The van der Waals surface area contributed by atoms with E-state index in [1.807, 2.05) is 30.4 Å². The van der Waals surface area contributed by atoms with Crippen molar-refractivity contribution in [1.29, 1.82) is 0 Å². The van der Waals surface area contributed by atoms with Crippen LogP contribution in [-0.2, 0) is 12.8 Å². The van der Waals surface area contributed by atoms with Gasteiger partial charge in [0.15, 0.2) is 0 Å². The van der Waals surface area contributed by atoms with Gasteiger partial charge in [0.25, 0.3) is 0 Å². The first-order chi connectivity index (χ1) is 10.1. The van der Waals surface area contributed by atoms with Crippen LogP contribution in [0.3, 0.4) is 0 Å². The Kier molecular flexibility index (Phi) is 5.95. The van der Waals surface area contributed by atoms with Crippen molar-refractivity contribution in [2.75, 3.05) is 6.54 Å². The highest BCUT2D eigenvalue weighted by molar-refractivity contribution is 7.11. The summed E-state index contributed by atoms with van der Waals surface area (Å²) in [4.78, 5) is 2.71. The Morgan fingerprint density at radius 3 is 2.52 bits per heavy atom. The number of nitrogens with one attached hydrogen (secondary N) is 1. The Bertz CT molecular complexity index is 576. The second-order valence-corrected chi connectivity index (χ2v) is 6.71. The van der Waals surface area contributed by atoms with Crippen molar-refractivity contribution in [3.05, 3.63) is 57.0 Å². The maximum absolute atomic E-state index is 14.3. The summed E-state index contributed by atoms with van der Waals surface area (Å²) in [6.45, 7) is 7.14. The van der Waals surface area contributed by atoms with E-state index < -0.39 is 0 Å². The van der Waals surface area contributed by atoms with Crippen molar-refractivity contribution in [1.82, 2.24) is 5.32 Å². The van der Waals surface area contributed by atoms with Crippen molar-refractivity contribution in [2.45, 2.75) is 46.1 Å². The summed E-state index contributed by atoms with van der Waals surface area (Å²) >= 11 is 1.84. The van der Waals surface area contributed by atoms with E-state index >= 15 is 0 Å². The molecule has 2 rings (SSSR count). The molecule has 0 radical (unpaired) electrons. The van der Waals surface area contributed by atoms with Gasteiger partial charge in [-0.3, -0.25) is 0 Å². The van der Waals surface area contributed by atoms with Gasteiger partial charge in [-0.05, 0) is 50.1 Å². The number of aryl methyl sites for hydroxylation is 2. The van der Waals surface area contributed by atoms with E-state index in [4.69, 9.17) is 0 Å². The molecule has 114 valence electrons. The molecule has 21 heavy (non-hydrogen) atoms. The normalized spacial score (nSPS) is 12.6. The average Bonchev–Trinajstić information content (AvgIpc) is 2.91. The predicted molar refractivity (Wildman–Crippen MR) is 89.6 cm³/mol. The lowest BCUT2D eigenvalue weighted by molar-refractivity contribution is 0.499. The third kappa shape index (κ3) is 4.39. The molecule has 0 aliphatic rings. The summed E-state index contributed by atoms with van der Waals surface area (Å²) in [5, 5.41) is 3.49. The zero-order valence-corrected chi connectivity index (χ0v) is 13.9. The molecule has 2 aromatic rings. The lowest BCUT2D eigenvalue weighted by Gasteiger charge is -2.19. The number of rotatable bonds is 7. The van der Waals surface area contributed by atoms with Crippen LogP contribution in [-0.4, -0.2) is 6.54 Å². The van der Waals surface area contributed by atoms with Gasteiger partial charge in [0.1, 0.15) is 5.82 Å². The molecule has 1 aromatic carbocycles. The fourth-order valence-corrected chi connectivity index (χ4v) is 3.45. The van der Waals surface area contributed by atoms with Gasteiger partial charge in [-0.1, -0.05) is 26.0 Å². The molecule has 0 bridgehead atoms. The molecule has 0 aliphatic carbocycles. The molecule has 1 unspecified atom stereocenters. The third-order valence-electron chi connectivity index (χ3n) is 3.64. The molecule has 1 heterocycles. The summed E-state index contributed by atoms with van der Waals surface area (Å²) in [7, 11) is 0. The van der Waals surface area contributed by atoms with Gasteiger partial charge in [0.05, 0.1) is 0 Å². The minimum atomic E-state index is -0.101. The average molecular weight is 305 g/mol. The first kappa shape index (κ1) is 16.2. The van der Waals surface area contributed by atoms with Crippen LogP contribution in [0.2, 0.25) is 0 Å². The summed E-state index contributed by atoms with van der Waals surface area (Å²) in [6, 6.07) is 9.95. The maximum Gasteiger partial charge on any atom is 0.128 e. The lowest BCUT2D eigenvalue weighted by atomic mass is 10.0. The van der Waals surface area contributed by atoms with Gasteiger partial charge in [0.2, 0.25) is 0 Å². The molecule has 0 saturated heterocycles. The molecular weight excluding hydrogens is 281 g/mol. The summed E-state index contributed by atoms with van der Waals surface area (Å²) in [5.41, 5.74) is 1.75. The zero-order valence-electron chi connectivity index (χ0n) is 13.1. The van der Waals surface area contributed by atoms with Gasteiger partial charge in [0, 0.05) is 27.8 Å². The molecule has 1 nitrogen and oxygen atoms in total. The monoisotopic (exact) mass is 305 g/mol. The van der Waals surface area contributed by atoms with E-state index in [0.717, 1.165) is 36.9 Å². The quantitative estimate of drug-likeness (QED) is 0.755. The smallest absolute Gasteiger partial charge is 0.128 e. The van der Waals surface area contributed by atoms with Crippen LogP contribution in [0.1, 0.15) is 47.2 Å². The topological polar surface area (TPSA) is 12.0 Å². The van der Waals surface area contributed by atoms with Crippen LogP contribution in [0.5, 0.6) is 0 Å². The van der Waals surface area contributed by atoms with E-state index in [-0.39, 0.29) is 11.9 Å². The fourth-order valence-electron chi connectivity index (χ4n) is 2.45. The Balaban J connectivity index is 2.20. The summed E-state index contributed by atoms with van der Waals surface area (Å²) < 4.78 is 14.3. The molecule has 1 atom stereocenters. The van der Waals surface area contributed by atoms with Gasteiger partial charge in [-0.15, -0.1) is 11.3 Å². The molecule has 0 saturated carbocycles. The second-order valence-electron chi connectivity index (χ2n) is 5.46. The van der Waals surface area contributed by atoms with Crippen LogP contribution in [0.15, 0.2) is 30.3 Å². The van der Waals surface area contributed by atoms with Crippen molar-refractivity contribution in [2.24, 2.45) is 0 Å². The highest BCUT2D eigenvalue weighted by atomic mass is 32.1. The second kappa shape index (κ2) is 7.71. The number of benzene rings is 1. The minimum absolute atomic E-state index is 0.0499. The highest BCUT2D eigenvalue weighted by Gasteiger charge is 2.16. The van der Waals surface area contributed by atoms with Crippen LogP contribution in [0.25, 0.3) is 0 Å². The number of thiophene rings is 1. The third-order valence-corrected chi connectivity index (χ3v) is 4.90. The van der Waals surface area contributed by atoms with Crippen LogP contribution in [0.4, 0.5) is 4.39 Å². The van der Waals surface area contributed by atoms with Crippen LogP contribution in [0, 0.1) is 12.7 Å². The maximum atomic E-state index is 14.3. The van der Waals surface area contributed by atoms with Crippen molar-refractivity contribution in [3.8, 4) is 0 Å². The van der Waals surface area contributed by atoms with Crippen LogP contribution < -0.4 is 5.32 Å². The number of halogens is 1. The van der Waals surface area contributed by atoms with Crippen molar-refractivity contribution in [3.63, 3.8) is 0 Å². The molecule has 3 heteroatoms. The number of hydrogen-bond donors (Lipinski definition) is 1. The van der Waals surface area contributed by atoms with Gasteiger partial charge in [-0.2, -0.15) is 0 Å². The van der Waals surface area contributed by atoms with Gasteiger partial charge in [-0.25, -0.2) is 4.39 Å². The SMILES string of the molecule is CCCNC(Cc1ccc(CC)s1)c1ccc(C)cc1F. The van der Waals surface area contributed by atoms with E-state index in [1.165, 1.54) is 9.75 Å². The Morgan fingerprint density at radius 2 is 1.90 bits per heavy atom. The standard InChI is InChI=1S/C18H24FNS/c1-4-10-20-18(12-15-8-7-14(5-2)21-15)16-9-6-13(3)11-17(16)19/h6-9,11,18,20H,4-5,10,12H2,1-3H3. The molecule has 0 fully saturated rings. The predicted octanol–water partition coefficient (Wildman–Crippen LogP) is 5.04. The first-order valence-corrected chi connectivity index (χ1v) is 8.52. The largest absolute Gasteiger partial charge is 0.310 e. The van der Waals surface area contributed by atoms with E-state index in [9.17, 15) is 4.39 Å². The lowest BCUT2D eigenvalue weighted by Crippen LogP contribution is -2.24. The van der Waals surface area contributed by atoms with E-state index in [1.54, 1.807) is 6.07 Å². The molecule has 0 spiro atoms. The molecule has 1 aromatic heterocycles. The van der Waals surface area contributed by atoms with Crippen LogP contribution >= 0.6 is 11.3 Å². The fraction of sp³-hybridized carbons (Fsp3) is 0.444. The molecular formula is C18H24FNS. The Hall–Kier alpha value is -1.19. The first-order valence-electron chi connectivity index (χ1n) is 7.71. The molecule has 1 N–H and O–H groups in total. The Morgan fingerprint density at radius 1 is 1.14 bits per heavy atom.